The second kappa shape index (κ2) is 6.62. The molecule has 2 aromatic carbocycles. The Labute approximate surface area is 125 Å². The predicted octanol–water partition coefficient (Wildman–Crippen LogP) is 4.89. The van der Waals surface area contributed by atoms with Crippen molar-refractivity contribution in [3.63, 3.8) is 0 Å². The van der Waals surface area contributed by atoms with Crippen molar-refractivity contribution in [1.29, 1.82) is 0 Å². The van der Waals surface area contributed by atoms with Gasteiger partial charge >= 0.3 is 0 Å². The molecule has 0 saturated heterocycles. The maximum absolute atomic E-state index is 6.15. The van der Waals surface area contributed by atoms with Crippen molar-refractivity contribution >= 4 is 39.3 Å². The van der Waals surface area contributed by atoms with Crippen LogP contribution in [0, 0.1) is 0 Å². The molecule has 0 amide bonds. The van der Waals surface area contributed by atoms with Crippen LogP contribution < -0.4 is 5.73 Å². The van der Waals surface area contributed by atoms with Gasteiger partial charge in [-0.05, 0) is 42.0 Å². The molecule has 0 heterocycles. The molecule has 0 aliphatic heterocycles. The van der Waals surface area contributed by atoms with Crippen molar-refractivity contribution in [3.8, 4) is 0 Å². The zero-order valence-corrected chi connectivity index (χ0v) is 12.8. The molecular weight excluding hydrogens is 330 g/mol. The second-order valence-corrected chi connectivity index (χ2v) is 6.37. The fourth-order valence-corrected chi connectivity index (χ4v) is 2.91. The van der Waals surface area contributed by atoms with E-state index >= 15 is 0 Å². The van der Waals surface area contributed by atoms with E-state index in [1.807, 2.05) is 36.4 Å². The number of thioether (sulfide) groups is 1. The third-order valence-electron chi connectivity index (χ3n) is 2.52. The van der Waals surface area contributed by atoms with Gasteiger partial charge in [-0.25, -0.2) is 0 Å². The molecule has 94 valence electrons. The van der Waals surface area contributed by atoms with E-state index in [9.17, 15) is 0 Å². The average molecular weight is 343 g/mol. The first kappa shape index (κ1) is 13.9. The molecule has 1 unspecified atom stereocenters. The topological polar surface area (TPSA) is 26.0 Å². The number of benzene rings is 2. The minimum absolute atomic E-state index is 0.00246. The zero-order chi connectivity index (χ0) is 13.0. The van der Waals surface area contributed by atoms with Crippen molar-refractivity contribution in [2.75, 3.05) is 5.75 Å². The van der Waals surface area contributed by atoms with Crippen molar-refractivity contribution < 1.29 is 0 Å². The summed E-state index contributed by atoms with van der Waals surface area (Å²) in [5.74, 6) is 0.835. The molecule has 4 heteroatoms. The Bertz CT molecular complexity index is 515. The van der Waals surface area contributed by atoms with Crippen LogP contribution in [0.15, 0.2) is 57.9 Å². The molecule has 0 aliphatic carbocycles. The molecule has 0 aliphatic rings. The molecule has 2 N–H and O–H groups in total. The van der Waals surface area contributed by atoms with Crippen LogP contribution in [0.3, 0.4) is 0 Å². The molecule has 18 heavy (non-hydrogen) atoms. The van der Waals surface area contributed by atoms with Crippen LogP contribution in [0.2, 0.25) is 5.02 Å². The van der Waals surface area contributed by atoms with E-state index in [1.54, 1.807) is 11.8 Å². The van der Waals surface area contributed by atoms with Gasteiger partial charge in [0.2, 0.25) is 0 Å². The van der Waals surface area contributed by atoms with Gasteiger partial charge in [0.25, 0.3) is 0 Å². The summed E-state index contributed by atoms with van der Waals surface area (Å²) < 4.78 is 1.09. The smallest absolute Gasteiger partial charge is 0.0409 e. The Kier molecular flexibility index (Phi) is 5.13. The summed E-state index contributed by atoms with van der Waals surface area (Å²) in [7, 11) is 0. The summed E-state index contributed by atoms with van der Waals surface area (Å²) in [5.41, 5.74) is 7.23. The lowest BCUT2D eigenvalue weighted by Crippen LogP contribution is -2.12. The average Bonchev–Trinajstić information content (AvgIpc) is 2.38. The third-order valence-corrected chi connectivity index (χ3v) is 4.42. The normalized spacial score (nSPS) is 12.4. The van der Waals surface area contributed by atoms with Crippen LogP contribution >= 0.6 is 39.3 Å². The van der Waals surface area contributed by atoms with Gasteiger partial charge in [0, 0.05) is 26.2 Å². The van der Waals surface area contributed by atoms with Gasteiger partial charge in [-0.2, -0.15) is 0 Å². The fourth-order valence-electron chi connectivity index (χ4n) is 1.55. The molecule has 0 spiro atoms. The first-order valence-corrected chi connectivity index (χ1v) is 7.70. The first-order chi connectivity index (χ1) is 8.65. The molecule has 0 radical (unpaired) electrons. The predicted molar refractivity (Wildman–Crippen MR) is 83.2 cm³/mol. The molecule has 2 aromatic rings. The standard InChI is InChI=1S/C14H13BrClNS/c15-11-4-6-13(7-5-11)18-9-14(17)10-2-1-3-12(16)8-10/h1-8,14H,9,17H2. The van der Waals surface area contributed by atoms with Crippen LogP contribution in [-0.2, 0) is 0 Å². The Morgan fingerprint density at radius 2 is 1.89 bits per heavy atom. The second-order valence-electron chi connectivity index (χ2n) is 3.93. The van der Waals surface area contributed by atoms with E-state index < -0.39 is 0 Å². The van der Waals surface area contributed by atoms with Crippen molar-refractivity contribution in [2.45, 2.75) is 10.9 Å². The molecule has 0 saturated carbocycles. The number of rotatable bonds is 4. The fraction of sp³-hybridized carbons (Fsp3) is 0.143. The molecule has 2 rings (SSSR count). The van der Waals surface area contributed by atoms with Crippen LogP contribution in [0.25, 0.3) is 0 Å². The number of hydrogen-bond acceptors (Lipinski definition) is 2. The van der Waals surface area contributed by atoms with Gasteiger partial charge in [0.15, 0.2) is 0 Å². The molecule has 1 nitrogen and oxygen atoms in total. The van der Waals surface area contributed by atoms with Crippen molar-refractivity contribution in [3.05, 3.63) is 63.6 Å². The van der Waals surface area contributed by atoms with E-state index in [0.29, 0.717) is 0 Å². The van der Waals surface area contributed by atoms with Crippen LogP contribution in [0.5, 0.6) is 0 Å². The Morgan fingerprint density at radius 1 is 1.17 bits per heavy atom. The summed E-state index contributed by atoms with van der Waals surface area (Å²) in [5, 5.41) is 0.733. The lowest BCUT2D eigenvalue weighted by Gasteiger charge is -2.12. The number of nitrogens with two attached hydrogens (primary N) is 1. The highest BCUT2D eigenvalue weighted by atomic mass is 79.9. The van der Waals surface area contributed by atoms with Crippen LogP contribution in [-0.4, -0.2) is 5.75 Å². The summed E-state index contributed by atoms with van der Waals surface area (Å²) in [6.45, 7) is 0. The van der Waals surface area contributed by atoms with Gasteiger partial charge in [0.05, 0.1) is 0 Å². The molecule has 0 aromatic heterocycles. The number of hydrogen-bond donors (Lipinski definition) is 1. The monoisotopic (exact) mass is 341 g/mol. The van der Waals surface area contributed by atoms with E-state index in [-0.39, 0.29) is 6.04 Å². The highest BCUT2D eigenvalue weighted by Gasteiger charge is 2.07. The third kappa shape index (κ3) is 4.02. The lowest BCUT2D eigenvalue weighted by molar-refractivity contribution is 0.831. The molecule has 0 fully saturated rings. The van der Waals surface area contributed by atoms with E-state index in [1.165, 1.54) is 4.90 Å². The summed E-state index contributed by atoms with van der Waals surface area (Å²) in [4.78, 5) is 1.22. The quantitative estimate of drug-likeness (QED) is 0.800. The largest absolute Gasteiger partial charge is 0.323 e. The maximum Gasteiger partial charge on any atom is 0.0409 e. The molecular formula is C14H13BrClNS. The highest BCUT2D eigenvalue weighted by molar-refractivity contribution is 9.10. The van der Waals surface area contributed by atoms with Crippen molar-refractivity contribution in [2.24, 2.45) is 5.73 Å². The van der Waals surface area contributed by atoms with Crippen molar-refractivity contribution in [1.82, 2.24) is 0 Å². The Morgan fingerprint density at radius 3 is 2.56 bits per heavy atom. The van der Waals surface area contributed by atoms with Gasteiger partial charge in [-0.15, -0.1) is 11.8 Å². The van der Waals surface area contributed by atoms with Gasteiger partial charge < -0.3 is 5.73 Å². The van der Waals surface area contributed by atoms with E-state index in [4.69, 9.17) is 17.3 Å². The Hall–Kier alpha value is -0.480. The number of halogens is 2. The Balaban J connectivity index is 1.96. The summed E-state index contributed by atoms with van der Waals surface area (Å²) in [6.07, 6.45) is 0. The van der Waals surface area contributed by atoms with E-state index in [0.717, 1.165) is 20.8 Å². The minimum atomic E-state index is -0.00246. The minimum Gasteiger partial charge on any atom is -0.323 e. The zero-order valence-electron chi connectivity index (χ0n) is 9.64. The van der Waals surface area contributed by atoms with Crippen LogP contribution in [0.4, 0.5) is 0 Å². The van der Waals surface area contributed by atoms with Gasteiger partial charge in [-0.3, -0.25) is 0 Å². The molecule has 1 atom stereocenters. The lowest BCUT2D eigenvalue weighted by atomic mass is 10.1. The summed E-state index contributed by atoms with van der Waals surface area (Å²) >= 11 is 11.1. The highest BCUT2D eigenvalue weighted by Crippen LogP contribution is 2.25. The maximum atomic E-state index is 6.15. The van der Waals surface area contributed by atoms with Gasteiger partial charge in [0.1, 0.15) is 0 Å². The van der Waals surface area contributed by atoms with E-state index in [2.05, 4.69) is 28.1 Å². The SMILES string of the molecule is NC(CSc1ccc(Br)cc1)c1cccc(Cl)c1. The first-order valence-electron chi connectivity index (χ1n) is 5.54. The molecule has 0 bridgehead atoms. The summed E-state index contributed by atoms with van der Waals surface area (Å²) in [6, 6.07) is 16.0. The van der Waals surface area contributed by atoms with Crippen LogP contribution in [0.1, 0.15) is 11.6 Å². The van der Waals surface area contributed by atoms with Gasteiger partial charge in [-0.1, -0.05) is 39.7 Å².